The topological polar surface area (TPSA) is 84.5 Å². The summed E-state index contributed by atoms with van der Waals surface area (Å²) in [4.78, 5) is 34.5. The molecule has 0 spiro atoms. The van der Waals surface area contributed by atoms with Gasteiger partial charge < -0.3 is 15.4 Å². The smallest absolute Gasteiger partial charge is 0.325 e. The van der Waals surface area contributed by atoms with Crippen LogP contribution in [0.1, 0.15) is 117 Å². The Balaban J connectivity index is 2.36. The molecule has 1 fully saturated rings. The highest BCUT2D eigenvalue weighted by Crippen LogP contribution is 2.27. The Morgan fingerprint density at radius 3 is 2.13 bits per heavy atom. The Kier molecular flexibility index (Phi) is 16.0. The number of amides is 2. The molecular weight excluding hydrogens is 392 g/mol. The molecule has 0 aromatic heterocycles. The first-order valence-electron chi connectivity index (χ1n) is 12.8. The molecule has 31 heavy (non-hydrogen) atoms. The number of rotatable bonds is 21. The SMILES string of the molecule is CCCCCCCCCCC[C@H](C[C@H]1NC(=O)[C@@H]1CCCCCC)OC(=O)CNC=O. The van der Waals surface area contributed by atoms with Crippen LogP contribution in [0.3, 0.4) is 0 Å². The second kappa shape index (κ2) is 18.0. The van der Waals surface area contributed by atoms with Gasteiger partial charge in [-0.3, -0.25) is 14.4 Å². The quantitative estimate of drug-likeness (QED) is 0.114. The zero-order chi connectivity index (χ0) is 22.7. The Hall–Kier alpha value is -1.59. The summed E-state index contributed by atoms with van der Waals surface area (Å²) in [5.74, 6) is -0.218. The molecule has 0 aliphatic carbocycles. The number of hydrogen-bond donors (Lipinski definition) is 2. The first kappa shape index (κ1) is 27.4. The van der Waals surface area contributed by atoms with E-state index in [0.717, 1.165) is 32.1 Å². The van der Waals surface area contributed by atoms with Crippen molar-refractivity contribution in [3.63, 3.8) is 0 Å². The van der Waals surface area contributed by atoms with Crippen LogP contribution in [-0.2, 0) is 19.1 Å². The van der Waals surface area contributed by atoms with Crippen molar-refractivity contribution < 1.29 is 19.1 Å². The Morgan fingerprint density at radius 2 is 1.55 bits per heavy atom. The molecule has 0 bridgehead atoms. The van der Waals surface area contributed by atoms with Gasteiger partial charge in [0.15, 0.2) is 0 Å². The van der Waals surface area contributed by atoms with E-state index in [1.54, 1.807) is 0 Å². The Labute approximate surface area is 189 Å². The zero-order valence-electron chi connectivity index (χ0n) is 20.0. The van der Waals surface area contributed by atoms with Crippen molar-refractivity contribution in [1.82, 2.24) is 10.6 Å². The fourth-order valence-corrected chi connectivity index (χ4v) is 4.37. The van der Waals surface area contributed by atoms with E-state index >= 15 is 0 Å². The summed E-state index contributed by atoms with van der Waals surface area (Å²) in [6, 6.07) is 0.101. The first-order chi connectivity index (χ1) is 15.1. The molecule has 6 nitrogen and oxygen atoms in total. The van der Waals surface area contributed by atoms with E-state index in [1.807, 2.05) is 0 Å². The molecule has 2 amide bonds. The second-order valence-electron chi connectivity index (χ2n) is 9.03. The molecule has 6 heteroatoms. The van der Waals surface area contributed by atoms with Gasteiger partial charge in [-0.05, 0) is 19.3 Å². The number of ether oxygens (including phenoxy) is 1. The minimum Gasteiger partial charge on any atom is -0.461 e. The van der Waals surface area contributed by atoms with E-state index < -0.39 is 5.97 Å². The largest absolute Gasteiger partial charge is 0.461 e. The van der Waals surface area contributed by atoms with Crippen LogP contribution in [0.15, 0.2) is 0 Å². The van der Waals surface area contributed by atoms with Gasteiger partial charge in [-0.2, -0.15) is 0 Å². The second-order valence-corrected chi connectivity index (χ2v) is 9.03. The lowest BCUT2D eigenvalue weighted by Gasteiger charge is -2.38. The van der Waals surface area contributed by atoms with Crippen LogP contribution in [-0.4, -0.2) is 37.0 Å². The number of esters is 1. The van der Waals surface area contributed by atoms with Crippen LogP contribution in [0, 0.1) is 5.92 Å². The van der Waals surface area contributed by atoms with Crippen LogP contribution in [0.2, 0.25) is 0 Å². The highest BCUT2D eigenvalue weighted by molar-refractivity contribution is 5.85. The average molecular weight is 439 g/mol. The van der Waals surface area contributed by atoms with Crippen LogP contribution >= 0.6 is 0 Å². The monoisotopic (exact) mass is 438 g/mol. The molecule has 1 aliphatic heterocycles. The molecule has 180 valence electrons. The summed E-state index contributed by atoms with van der Waals surface area (Å²) in [6.07, 6.45) is 18.6. The van der Waals surface area contributed by atoms with Crippen LogP contribution in [0.25, 0.3) is 0 Å². The number of unbranched alkanes of at least 4 members (excludes halogenated alkanes) is 11. The van der Waals surface area contributed by atoms with E-state index in [4.69, 9.17) is 4.74 Å². The molecule has 1 aliphatic rings. The van der Waals surface area contributed by atoms with Crippen molar-refractivity contribution in [2.24, 2.45) is 5.92 Å². The maximum absolute atomic E-state index is 12.0. The van der Waals surface area contributed by atoms with Crippen molar-refractivity contribution in [1.29, 1.82) is 0 Å². The van der Waals surface area contributed by atoms with E-state index in [0.29, 0.717) is 12.8 Å². The molecule has 0 saturated carbocycles. The van der Waals surface area contributed by atoms with Crippen molar-refractivity contribution in [3.05, 3.63) is 0 Å². The van der Waals surface area contributed by atoms with Crippen molar-refractivity contribution in [2.75, 3.05) is 6.54 Å². The predicted octanol–water partition coefficient (Wildman–Crippen LogP) is 5.04. The maximum atomic E-state index is 12.0. The molecule has 0 aromatic carbocycles. The third-order valence-electron chi connectivity index (χ3n) is 6.29. The van der Waals surface area contributed by atoms with Gasteiger partial charge in [0.25, 0.3) is 0 Å². The van der Waals surface area contributed by atoms with Gasteiger partial charge in [-0.15, -0.1) is 0 Å². The molecule has 0 aromatic rings. The lowest BCUT2D eigenvalue weighted by Crippen LogP contribution is -2.59. The van der Waals surface area contributed by atoms with Gasteiger partial charge in [-0.1, -0.05) is 90.9 Å². The van der Waals surface area contributed by atoms with E-state index in [2.05, 4.69) is 24.5 Å². The van der Waals surface area contributed by atoms with Crippen LogP contribution in [0.5, 0.6) is 0 Å². The fraction of sp³-hybridized carbons (Fsp3) is 0.880. The van der Waals surface area contributed by atoms with Crippen LogP contribution in [0.4, 0.5) is 0 Å². The number of nitrogens with one attached hydrogen (secondary N) is 2. The normalized spacial score (nSPS) is 18.7. The lowest BCUT2D eigenvalue weighted by atomic mass is 9.82. The molecule has 1 saturated heterocycles. The zero-order valence-corrected chi connectivity index (χ0v) is 20.0. The van der Waals surface area contributed by atoms with E-state index in [1.165, 1.54) is 64.2 Å². The molecule has 1 heterocycles. The van der Waals surface area contributed by atoms with E-state index in [-0.39, 0.29) is 30.5 Å². The summed E-state index contributed by atoms with van der Waals surface area (Å²) in [6.45, 7) is 4.32. The summed E-state index contributed by atoms with van der Waals surface area (Å²) in [5, 5.41) is 5.38. The highest BCUT2D eigenvalue weighted by Gasteiger charge is 2.40. The Bertz CT molecular complexity index is 498. The highest BCUT2D eigenvalue weighted by atomic mass is 16.5. The third-order valence-corrected chi connectivity index (χ3v) is 6.29. The summed E-state index contributed by atoms with van der Waals surface area (Å²) >= 11 is 0. The standard InChI is InChI=1S/C25H46N2O4/c1-3-5-7-9-10-11-12-13-14-16-21(31-24(29)19-26-20-28)18-23-22(25(30)27-23)17-15-8-6-4-2/h20-23H,3-19H2,1-2H3,(H,26,28)(H,27,30)/t21-,22-,23-/m1/s1. The minimum atomic E-state index is -0.404. The number of β-lactam (4-membered cyclic amide) rings is 1. The third kappa shape index (κ3) is 12.8. The Morgan fingerprint density at radius 1 is 0.968 bits per heavy atom. The van der Waals surface area contributed by atoms with Gasteiger partial charge in [0, 0.05) is 12.5 Å². The summed E-state index contributed by atoms with van der Waals surface area (Å²) in [7, 11) is 0. The van der Waals surface area contributed by atoms with Crippen molar-refractivity contribution in [3.8, 4) is 0 Å². The van der Waals surface area contributed by atoms with Crippen molar-refractivity contribution >= 4 is 18.3 Å². The van der Waals surface area contributed by atoms with Crippen LogP contribution < -0.4 is 10.6 Å². The first-order valence-corrected chi connectivity index (χ1v) is 12.8. The maximum Gasteiger partial charge on any atom is 0.325 e. The fourth-order valence-electron chi connectivity index (χ4n) is 4.37. The number of carbonyl (C=O) groups is 3. The van der Waals surface area contributed by atoms with Gasteiger partial charge in [-0.25, -0.2) is 0 Å². The summed E-state index contributed by atoms with van der Waals surface area (Å²) in [5.41, 5.74) is 0. The number of carbonyl (C=O) groups excluding carboxylic acids is 3. The molecule has 0 radical (unpaired) electrons. The van der Waals surface area contributed by atoms with Gasteiger partial charge >= 0.3 is 5.97 Å². The number of hydrogen-bond acceptors (Lipinski definition) is 4. The van der Waals surface area contributed by atoms with Gasteiger partial charge in [0.1, 0.15) is 12.6 Å². The lowest BCUT2D eigenvalue weighted by molar-refractivity contribution is -0.150. The molecule has 1 rings (SSSR count). The van der Waals surface area contributed by atoms with Crippen molar-refractivity contribution in [2.45, 2.75) is 129 Å². The van der Waals surface area contributed by atoms with Gasteiger partial charge in [0.05, 0.1) is 5.92 Å². The van der Waals surface area contributed by atoms with Gasteiger partial charge in [0.2, 0.25) is 12.3 Å². The average Bonchev–Trinajstić information content (AvgIpc) is 2.75. The molecular formula is C25H46N2O4. The molecule has 2 N–H and O–H groups in total. The van der Waals surface area contributed by atoms with E-state index in [9.17, 15) is 14.4 Å². The predicted molar refractivity (Wildman–Crippen MR) is 125 cm³/mol. The molecule has 3 atom stereocenters. The minimum absolute atomic E-state index is 0.0503. The molecule has 0 unspecified atom stereocenters. The summed E-state index contributed by atoms with van der Waals surface area (Å²) < 4.78 is 5.65.